The molecule has 0 unspecified atom stereocenters. The molecule has 0 radical (unpaired) electrons. The zero-order chi connectivity index (χ0) is 24.9. The Bertz CT molecular complexity index is 1270. The van der Waals surface area contributed by atoms with Gasteiger partial charge < -0.3 is 10.0 Å². The average Bonchev–Trinajstić information content (AvgIpc) is 2.90. The average molecular weight is 481 g/mol. The molecule has 2 bridgehead atoms. The summed E-state index contributed by atoms with van der Waals surface area (Å²) in [4.78, 5) is 18.4. The summed E-state index contributed by atoms with van der Waals surface area (Å²) >= 11 is 0. The maximum atomic E-state index is 13.8. The van der Waals surface area contributed by atoms with Crippen molar-refractivity contribution < 1.29 is 9.90 Å². The maximum Gasteiger partial charge on any atom is 0.224 e. The van der Waals surface area contributed by atoms with E-state index in [-0.39, 0.29) is 17.4 Å². The van der Waals surface area contributed by atoms with Gasteiger partial charge in [0.15, 0.2) is 0 Å². The van der Waals surface area contributed by atoms with Crippen LogP contribution < -0.4 is 0 Å². The lowest BCUT2D eigenvalue weighted by Crippen LogP contribution is -2.58. The van der Waals surface area contributed by atoms with Gasteiger partial charge in [-0.1, -0.05) is 74.5 Å². The minimum Gasteiger partial charge on any atom is -0.508 e. The Kier molecular flexibility index (Phi) is 5.88. The van der Waals surface area contributed by atoms with E-state index in [1.807, 2.05) is 18.2 Å². The van der Waals surface area contributed by atoms with Gasteiger partial charge >= 0.3 is 0 Å². The molecule has 0 saturated carbocycles. The minimum atomic E-state index is -0.0125. The summed E-state index contributed by atoms with van der Waals surface area (Å²) in [7, 11) is 0. The zero-order valence-electron chi connectivity index (χ0n) is 21.4. The molecule has 3 aromatic rings. The molecule has 186 valence electrons. The number of hydrogen-bond donors (Lipinski definition) is 1. The van der Waals surface area contributed by atoms with Gasteiger partial charge in [0.05, 0.1) is 6.04 Å². The van der Waals surface area contributed by atoms with Crippen molar-refractivity contribution >= 4 is 5.91 Å². The first-order chi connectivity index (χ1) is 17.5. The summed E-state index contributed by atoms with van der Waals surface area (Å²) < 4.78 is 0. The fraction of sp³-hybridized carbons (Fsp3) is 0.406. The number of phenolic OH excluding ortho intramolecular Hbond substituents is 1. The predicted molar refractivity (Wildman–Crippen MR) is 143 cm³/mol. The van der Waals surface area contributed by atoms with Gasteiger partial charge in [-0.15, -0.1) is 0 Å². The predicted octanol–water partition coefficient (Wildman–Crippen LogP) is 5.48. The smallest absolute Gasteiger partial charge is 0.224 e. The number of fused-ring (bicyclic) bond motifs is 5. The van der Waals surface area contributed by atoms with Crippen LogP contribution in [0.15, 0.2) is 72.8 Å². The van der Waals surface area contributed by atoms with E-state index in [0.29, 0.717) is 24.1 Å². The topological polar surface area (TPSA) is 43.8 Å². The van der Waals surface area contributed by atoms with Crippen LogP contribution in [0.2, 0.25) is 0 Å². The van der Waals surface area contributed by atoms with Crippen molar-refractivity contribution in [1.82, 2.24) is 9.80 Å². The third kappa shape index (κ3) is 3.83. The third-order valence-corrected chi connectivity index (χ3v) is 9.44. The quantitative estimate of drug-likeness (QED) is 0.538. The van der Waals surface area contributed by atoms with E-state index in [1.165, 1.54) is 27.8 Å². The number of phenols is 1. The largest absolute Gasteiger partial charge is 0.508 e. The van der Waals surface area contributed by atoms with Crippen LogP contribution in [-0.4, -0.2) is 46.5 Å². The molecule has 1 amide bonds. The van der Waals surface area contributed by atoms with Crippen LogP contribution in [-0.2, 0) is 23.1 Å². The summed E-state index contributed by atoms with van der Waals surface area (Å²) in [5.41, 5.74) is 6.55. The Morgan fingerprint density at radius 2 is 1.78 bits per heavy atom. The van der Waals surface area contributed by atoms with Crippen LogP contribution in [0.4, 0.5) is 0 Å². The summed E-state index contributed by atoms with van der Waals surface area (Å²) in [5, 5.41) is 10.1. The summed E-state index contributed by atoms with van der Waals surface area (Å²) in [6, 6.07) is 25.4. The highest BCUT2D eigenvalue weighted by atomic mass is 16.3. The van der Waals surface area contributed by atoms with Crippen LogP contribution >= 0.6 is 0 Å². The van der Waals surface area contributed by atoms with Gasteiger partial charge in [-0.05, 0) is 77.1 Å². The SMILES string of the molecule is C[C@H]1[C@H]2Cc3ccc(O)cc3[C@]1(C)CCN2CCC(=O)N1CCc2ccccc2[C@@H]1c1ccccc1. The number of piperidine rings is 1. The second-order valence-electron chi connectivity index (χ2n) is 11.2. The number of nitrogens with zero attached hydrogens (tertiary/aromatic N) is 2. The molecule has 4 heteroatoms. The van der Waals surface area contributed by atoms with Crippen LogP contribution in [0.25, 0.3) is 0 Å². The Balaban J connectivity index is 1.21. The first-order valence-corrected chi connectivity index (χ1v) is 13.4. The highest BCUT2D eigenvalue weighted by molar-refractivity contribution is 5.78. The highest BCUT2D eigenvalue weighted by Gasteiger charge is 2.48. The molecule has 3 aromatic carbocycles. The fourth-order valence-electron chi connectivity index (χ4n) is 7.19. The molecule has 1 N–H and O–H groups in total. The van der Waals surface area contributed by atoms with Crippen molar-refractivity contribution in [3.8, 4) is 5.75 Å². The molecule has 6 rings (SSSR count). The lowest BCUT2D eigenvalue weighted by Gasteiger charge is -2.54. The normalized spacial score (nSPS) is 27.3. The Morgan fingerprint density at radius 3 is 2.61 bits per heavy atom. The fourth-order valence-corrected chi connectivity index (χ4v) is 7.19. The summed E-state index contributed by atoms with van der Waals surface area (Å²) in [6.45, 7) is 7.29. The molecule has 4 atom stereocenters. The molecular formula is C32H36N2O2. The van der Waals surface area contributed by atoms with Crippen molar-refractivity contribution in [3.05, 3.63) is 101 Å². The zero-order valence-corrected chi connectivity index (χ0v) is 21.4. The number of amides is 1. The van der Waals surface area contributed by atoms with E-state index in [4.69, 9.17) is 0 Å². The lowest BCUT2D eigenvalue weighted by atomic mass is 9.59. The van der Waals surface area contributed by atoms with Crippen LogP contribution in [0.1, 0.15) is 60.5 Å². The molecule has 4 nitrogen and oxygen atoms in total. The van der Waals surface area contributed by atoms with E-state index >= 15 is 0 Å². The number of hydrogen-bond acceptors (Lipinski definition) is 3. The second-order valence-corrected chi connectivity index (χ2v) is 11.2. The Morgan fingerprint density at radius 1 is 1.00 bits per heavy atom. The van der Waals surface area contributed by atoms with Gasteiger partial charge in [-0.2, -0.15) is 0 Å². The van der Waals surface area contributed by atoms with Gasteiger partial charge in [-0.3, -0.25) is 9.69 Å². The van der Waals surface area contributed by atoms with Crippen molar-refractivity contribution in [1.29, 1.82) is 0 Å². The second kappa shape index (κ2) is 9.08. The van der Waals surface area contributed by atoms with E-state index < -0.39 is 0 Å². The Hall–Kier alpha value is -3.11. The summed E-state index contributed by atoms with van der Waals surface area (Å²) in [5.74, 6) is 1.10. The molecule has 2 heterocycles. The van der Waals surface area contributed by atoms with Crippen molar-refractivity contribution in [2.75, 3.05) is 19.6 Å². The molecule has 1 saturated heterocycles. The monoisotopic (exact) mass is 480 g/mol. The molecule has 1 aliphatic carbocycles. The molecule has 2 aliphatic heterocycles. The molecule has 1 fully saturated rings. The molecule has 36 heavy (non-hydrogen) atoms. The Labute approximate surface area is 214 Å². The first kappa shape index (κ1) is 23.3. The molecule has 0 aromatic heterocycles. The van der Waals surface area contributed by atoms with Gasteiger partial charge in [0, 0.05) is 25.6 Å². The third-order valence-electron chi connectivity index (χ3n) is 9.44. The number of carbonyl (C=O) groups is 1. The number of benzene rings is 3. The minimum absolute atomic E-state index is 0.0125. The van der Waals surface area contributed by atoms with Gasteiger partial charge in [0.25, 0.3) is 0 Å². The molecular weight excluding hydrogens is 444 g/mol. The number of carbonyl (C=O) groups excluding carboxylic acids is 1. The number of likely N-dealkylation sites (tertiary alicyclic amines) is 1. The van der Waals surface area contributed by atoms with Crippen molar-refractivity contribution in [2.45, 2.75) is 57.0 Å². The standard InChI is InChI=1S/C32H36N2O2/c1-22-29-20-25-12-13-26(35)21-28(25)32(22,2)16-19-33(29)17-15-30(36)34-18-14-23-8-6-7-11-27(23)31(34)24-9-4-3-5-10-24/h3-13,21-22,29,31,35H,14-20H2,1-2H3/t22-,29+,31-,32+/m0/s1. The molecule has 0 spiro atoms. The lowest BCUT2D eigenvalue weighted by molar-refractivity contribution is -0.134. The van der Waals surface area contributed by atoms with E-state index in [0.717, 1.165) is 38.9 Å². The van der Waals surface area contributed by atoms with Crippen molar-refractivity contribution in [2.24, 2.45) is 5.92 Å². The number of aromatic hydroxyl groups is 1. The first-order valence-electron chi connectivity index (χ1n) is 13.4. The van der Waals surface area contributed by atoms with E-state index in [9.17, 15) is 9.90 Å². The van der Waals surface area contributed by atoms with Gasteiger partial charge in [0.2, 0.25) is 5.91 Å². The molecule has 3 aliphatic rings. The van der Waals surface area contributed by atoms with Gasteiger partial charge in [0.1, 0.15) is 5.75 Å². The summed E-state index contributed by atoms with van der Waals surface area (Å²) in [6.07, 6.45) is 3.51. The van der Waals surface area contributed by atoms with Crippen molar-refractivity contribution in [3.63, 3.8) is 0 Å². The van der Waals surface area contributed by atoms with Gasteiger partial charge in [-0.25, -0.2) is 0 Å². The highest BCUT2D eigenvalue weighted by Crippen LogP contribution is 2.49. The van der Waals surface area contributed by atoms with Crippen LogP contribution in [0.3, 0.4) is 0 Å². The van der Waals surface area contributed by atoms with Crippen LogP contribution in [0.5, 0.6) is 5.75 Å². The van der Waals surface area contributed by atoms with Crippen LogP contribution in [0, 0.1) is 5.92 Å². The number of rotatable bonds is 4. The van der Waals surface area contributed by atoms with E-state index in [2.05, 4.69) is 78.2 Å². The van der Waals surface area contributed by atoms with E-state index in [1.54, 1.807) is 0 Å². The maximum absolute atomic E-state index is 13.8.